The molecule has 1 saturated carbocycles. The molecule has 2 saturated heterocycles. The number of hydrogen-bond donors (Lipinski definition) is 1. The molecule has 6 atom stereocenters. The van der Waals surface area contributed by atoms with Crippen molar-refractivity contribution in [2.24, 2.45) is 23.7 Å². The van der Waals surface area contributed by atoms with Crippen LogP contribution in [0.1, 0.15) is 29.9 Å². The summed E-state index contributed by atoms with van der Waals surface area (Å²) in [7, 11) is 0. The predicted octanol–water partition coefficient (Wildman–Crippen LogP) is 7.07. The molecule has 0 bridgehead atoms. The van der Waals surface area contributed by atoms with Crippen LogP contribution in [0.5, 0.6) is 5.75 Å². The van der Waals surface area contributed by atoms with E-state index in [1.165, 1.54) is 21.9 Å². The fraction of sp³-hybridized carbons (Fsp3) is 0.211. The second-order valence-corrected chi connectivity index (χ2v) is 13.5. The van der Waals surface area contributed by atoms with E-state index >= 15 is 4.79 Å². The van der Waals surface area contributed by atoms with Crippen molar-refractivity contribution in [1.29, 1.82) is 0 Å². The summed E-state index contributed by atoms with van der Waals surface area (Å²) in [6.45, 7) is 0. The summed E-state index contributed by atoms with van der Waals surface area (Å²) < 4.78 is 0. The van der Waals surface area contributed by atoms with Gasteiger partial charge in [0.15, 0.2) is 0 Å². The van der Waals surface area contributed by atoms with Crippen LogP contribution in [0.4, 0.5) is 11.4 Å². The van der Waals surface area contributed by atoms with Gasteiger partial charge in [-0.25, -0.2) is 4.90 Å². The van der Waals surface area contributed by atoms with Crippen LogP contribution in [-0.4, -0.2) is 28.7 Å². The fourth-order valence-corrected chi connectivity index (χ4v) is 9.14. The molecule has 1 N–H and O–H groups in total. The van der Waals surface area contributed by atoms with Crippen LogP contribution in [0.25, 0.3) is 0 Å². The zero-order chi connectivity index (χ0) is 32.6. The Hall–Kier alpha value is -4.72. The van der Waals surface area contributed by atoms with E-state index in [-0.39, 0.29) is 29.0 Å². The molecule has 2 aliphatic carbocycles. The quantitative estimate of drug-likeness (QED) is 0.186. The van der Waals surface area contributed by atoms with Crippen molar-refractivity contribution in [1.82, 2.24) is 0 Å². The summed E-state index contributed by atoms with van der Waals surface area (Å²) >= 11 is 13.3. The van der Waals surface area contributed by atoms with Crippen molar-refractivity contribution >= 4 is 58.2 Å². The van der Waals surface area contributed by atoms with Crippen molar-refractivity contribution in [3.63, 3.8) is 0 Å². The lowest BCUT2D eigenvalue weighted by Gasteiger charge is -2.51. The van der Waals surface area contributed by atoms with Crippen molar-refractivity contribution in [2.45, 2.75) is 24.2 Å². The third kappa shape index (κ3) is 4.19. The number of fused-ring (bicyclic) bond motifs is 4. The third-order valence-corrected chi connectivity index (χ3v) is 11.0. The summed E-state index contributed by atoms with van der Waals surface area (Å²) in [5, 5.41) is 10.9. The Morgan fingerprint density at radius 1 is 0.702 bits per heavy atom. The van der Waals surface area contributed by atoms with Gasteiger partial charge in [0.25, 0.3) is 0 Å². The Morgan fingerprint density at radius 3 is 2.11 bits per heavy atom. The molecule has 2 aliphatic heterocycles. The molecule has 4 amide bonds. The van der Waals surface area contributed by atoms with Crippen molar-refractivity contribution in [3.8, 4) is 5.75 Å². The first-order chi connectivity index (χ1) is 22.7. The second-order valence-electron chi connectivity index (χ2n) is 12.6. The molecule has 0 spiro atoms. The fourth-order valence-electron chi connectivity index (χ4n) is 8.67. The highest BCUT2D eigenvalue weighted by molar-refractivity contribution is 6.33. The van der Waals surface area contributed by atoms with Gasteiger partial charge in [0.2, 0.25) is 23.6 Å². The van der Waals surface area contributed by atoms with E-state index in [4.69, 9.17) is 23.2 Å². The van der Waals surface area contributed by atoms with E-state index in [0.29, 0.717) is 33.9 Å². The number of amides is 4. The minimum atomic E-state index is -1.44. The van der Waals surface area contributed by atoms with E-state index in [1.807, 2.05) is 42.5 Å². The zero-order valence-corrected chi connectivity index (χ0v) is 26.4. The summed E-state index contributed by atoms with van der Waals surface area (Å²) in [5.74, 6) is -4.98. The maximum absolute atomic E-state index is 15.2. The molecule has 9 heteroatoms. The SMILES string of the molecule is O=C1[C@H]2[C@H](CC=C3[C@H]2C[C@H]2C(=O)N(c4cccc(Cl)c4)C(=O)[C@@]2(c2ccccc2)[C@H]3c2ccc(O)cc2Cl)C(=O)N1c1ccccc1. The number of para-hydroxylation sites is 1. The van der Waals surface area contributed by atoms with E-state index < -0.39 is 46.8 Å². The highest BCUT2D eigenvalue weighted by atomic mass is 35.5. The first-order valence-corrected chi connectivity index (χ1v) is 16.3. The lowest BCUT2D eigenvalue weighted by Crippen LogP contribution is -2.53. The second kappa shape index (κ2) is 10.9. The molecule has 234 valence electrons. The van der Waals surface area contributed by atoms with Crippen LogP contribution < -0.4 is 9.80 Å². The Bertz CT molecular complexity index is 2010. The molecule has 47 heavy (non-hydrogen) atoms. The molecule has 7 nitrogen and oxygen atoms in total. The van der Waals surface area contributed by atoms with Gasteiger partial charge in [0.05, 0.1) is 34.5 Å². The van der Waals surface area contributed by atoms with Crippen LogP contribution >= 0.6 is 23.2 Å². The number of allylic oxidation sites excluding steroid dienone is 2. The Morgan fingerprint density at radius 2 is 1.40 bits per heavy atom. The molecule has 3 fully saturated rings. The molecule has 8 rings (SSSR count). The first kappa shape index (κ1) is 29.7. The van der Waals surface area contributed by atoms with E-state index in [9.17, 15) is 19.5 Å². The van der Waals surface area contributed by atoms with Crippen molar-refractivity contribution in [3.05, 3.63) is 136 Å². The number of phenolic OH excluding ortho intramolecular Hbond substituents is 1. The van der Waals surface area contributed by atoms with E-state index in [0.717, 1.165) is 5.57 Å². The third-order valence-electron chi connectivity index (χ3n) is 10.5. The van der Waals surface area contributed by atoms with Gasteiger partial charge in [-0.1, -0.05) is 95.5 Å². The number of aromatic hydroxyl groups is 1. The van der Waals surface area contributed by atoms with Crippen molar-refractivity contribution < 1.29 is 24.3 Å². The van der Waals surface area contributed by atoms with Gasteiger partial charge >= 0.3 is 0 Å². The van der Waals surface area contributed by atoms with E-state index in [1.54, 1.807) is 54.6 Å². The number of carbonyl (C=O) groups is 4. The molecule has 4 aromatic carbocycles. The standard InChI is InChI=1S/C38H28Cl2N2O5/c39-22-10-7-13-24(18-22)42-35(45)30-20-29-26(16-17-28-32(29)36(46)41(34(28)44)23-11-5-2-6-12-23)33(27-15-14-25(43)19-31(27)40)38(30,37(42)47)21-8-3-1-4-9-21/h1-16,18-19,28-30,32-33,43H,17,20H2/t28-,29+,30-,32-,33+,38+/m0/s1. The number of benzene rings is 4. The molecule has 0 unspecified atom stereocenters. The van der Waals surface area contributed by atoms with Gasteiger partial charge in [0.1, 0.15) is 5.75 Å². The minimum absolute atomic E-state index is 0.0430. The highest BCUT2D eigenvalue weighted by Gasteiger charge is 2.70. The van der Waals surface area contributed by atoms with Crippen LogP contribution in [-0.2, 0) is 24.6 Å². The topological polar surface area (TPSA) is 95.0 Å². The van der Waals surface area contributed by atoms with Gasteiger partial charge < -0.3 is 5.11 Å². The predicted molar refractivity (Wildman–Crippen MR) is 178 cm³/mol. The minimum Gasteiger partial charge on any atom is -0.508 e. The maximum Gasteiger partial charge on any atom is 0.246 e. The zero-order valence-electron chi connectivity index (χ0n) is 24.9. The molecular weight excluding hydrogens is 635 g/mol. The lowest BCUT2D eigenvalue weighted by molar-refractivity contribution is -0.127. The maximum atomic E-state index is 15.2. The number of hydrogen-bond acceptors (Lipinski definition) is 5. The van der Waals surface area contributed by atoms with Crippen LogP contribution in [0.3, 0.4) is 0 Å². The average molecular weight is 664 g/mol. The summed E-state index contributed by atoms with van der Waals surface area (Å²) in [5.41, 5.74) is 1.40. The average Bonchev–Trinajstić information content (AvgIpc) is 3.46. The molecular formula is C38H28Cl2N2O5. The van der Waals surface area contributed by atoms with Gasteiger partial charge in [-0.2, -0.15) is 0 Å². The largest absolute Gasteiger partial charge is 0.508 e. The summed E-state index contributed by atoms with van der Waals surface area (Å²) in [6.07, 6.45) is 2.46. The summed E-state index contributed by atoms with van der Waals surface area (Å²) in [4.78, 5) is 60.6. The van der Waals surface area contributed by atoms with Crippen LogP contribution in [0, 0.1) is 23.7 Å². The highest BCUT2D eigenvalue weighted by Crippen LogP contribution is 2.65. The van der Waals surface area contributed by atoms with Crippen LogP contribution in [0.2, 0.25) is 10.0 Å². The summed E-state index contributed by atoms with van der Waals surface area (Å²) in [6, 6.07) is 29.4. The number of rotatable bonds is 4. The molecule has 2 heterocycles. The number of halogens is 2. The number of nitrogens with zero attached hydrogens (tertiary/aromatic N) is 2. The number of carbonyl (C=O) groups excluding carboxylic acids is 4. The van der Waals surface area contributed by atoms with Gasteiger partial charge in [0, 0.05) is 16.0 Å². The monoisotopic (exact) mass is 662 g/mol. The Balaban J connectivity index is 1.37. The van der Waals surface area contributed by atoms with Crippen molar-refractivity contribution in [2.75, 3.05) is 9.80 Å². The lowest BCUT2D eigenvalue weighted by atomic mass is 9.49. The molecule has 0 aromatic heterocycles. The molecule has 0 radical (unpaired) electrons. The normalized spacial score (nSPS) is 28.2. The van der Waals surface area contributed by atoms with Gasteiger partial charge in [-0.05, 0) is 72.4 Å². The van der Waals surface area contributed by atoms with Gasteiger partial charge in [-0.15, -0.1) is 0 Å². The number of phenols is 1. The first-order valence-electron chi connectivity index (χ1n) is 15.5. The molecule has 4 aliphatic rings. The van der Waals surface area contributed by atoms with E-state index in [2.05, 4.69) is 0 Å². The Kier molecular flexibility index (Phi) is 6.90. The number of anilines is 2. The van der Waals surface area contributed by atoms with Gasteiger partial charge in [-0.3, -0.25) is 24.1 Å². The Labute approximate surface area is 281 Å². The molecule has 4 aromatic rings. The smallest absolute Gasteiger partial charge is 0.246 e. The number of imide groups is 2. The van der Waals surface area contributed by atoms with Crippen LogP contribution in [0.15, 0.2) is 115 Å².